The lowest BCUT2D eigenvalue weighted by Crippen LogP contribution is -2.69. The smallest absolute Gasteiger partial charge is 0.407 e. The molecule has 0 saturated heterocycles. The van der Waals surface area contributed by atoms with Crippen LogP contribution in [0.3, 0.4) is 0 Å². The minimum Gasteiger partial charge on any atom is -0.444 e. The summed E-state index contributed by atoms with van der Waals surface area (Å²) in [5.41, 5.74) is -0.588. The van der Waals surface area contributed by atoms with E-state index in [2.05, 4.69) is 74.6 Å². The van der Waals surface area contributed by atoms with Gasteiger partial charge in [0.05, 0.1) is 12.1 Å². The second-order valence-corrected chi connectivity index (χ2v) is 15.9. The molecular formula is C29H41NO4Si. The zero-order valence-corrected chi connectivity index (χ0v) is 23.0. The third-order valence-electron chi connectivity index (χ3n) is 6.77. The maximum atomic E-state index is 12.8. The van der Waals surface area contributed by atoms with Crippen molar-refractivity contribution in [3.63, 3.8) is 0 Å². The predicted octanol–water partition coefficient (Wildman–Crippen LogP) is 5.21. The van der Waals surface area contributed by atoms with Gasteiger partial charge < -0.3 is 19.3 Å². The number of benzene rings is 2. The molecule has 1 aliphatic carbocycles. The van der Waals surface area contributed by atoms with Crippen LogP contribution in [0.2, 0.25) is 5.04 Å². The highest BCUT2D eigenvalue weighted by Gasteiger charge is 2.52. The number of alkyl carbamates (subject to hydrolysis) is 1. The molecule has 1 aliphatic rings. The van der Waals surface area contributed by atoms with Gasteiger partial charge in [-0.05, 0) is 61.4 Å². The number of aldehydes is 1. The topological polar surface area (TPSA) is 64.6 Å². The Hall–Kier alpha value is -2.44. The van der Waals surface area contributed by atoms with Crippen molar-refractivity contribution >= 4 is 31.1 Å². The largest absolute Gasteiger partial charge is 0.444 e. The van der Waals surface area contributed by atoms with Gasteiger partial charge in [-0.25, -0.2) is 4.79 Å². The van der Waals surface area contributed by atoms with Gasteiger partial charge in [-0.3, -0.25) is 0 Å². The van der Waals surface area contributed by atoms with E-state index in [1.54, 1.807) is 0 Å². The number of amides is 1. The van der Waals surface area contributed by atoms with Crippen LogP contribution in [0.1, 0.15) is 67.2 Å². The molecule has 0 aromatic heterocycles. The average Bonchev–Trinajstić information content (AvgIpc) is 2.78. The molecule has 3 atom stereocenters. The first-order valence-electron chi connectivity index (χ1n) is 12.7. The third kappa shape index (κ3) is 6.61. The van der Waals surface area contributed by atoms with Crippen molar-refractivity contribution in [2.75, 3.05) is 0 Å². The van der Waals surface area contributed by atoms with E-state index in [0.717, 1.165) is 19.1 Å². The van der Waals surface area contributed by atoms with Crippen LogP contribution in [0.15, 0.2) is 60.7 Å². The van der Waals surface area contributed by atoms with E-state index in [4.69, 9.17) is 9.16 Å². The highest BCUT2D eigenvalue weighted by atomic mass is 28.4. The Morgan fingerprint density at radius 1 is 0.943 bits per heavy atom. The average molecular weight is 496 g/mol. The van der Waals surface area contributed by atoms with Crippen molar-refractivity contribution < 1.29 is 18.8 Å². The second-order valence-electron chi connectivity index (χ2n) is 11.7. The lowest BCUT2D eigenvalue weighted by atomic mass is 9.82. The van der Waals surface area contributed by atoms with Crippen LogP contribution in [-0.2, 0) is 14.0 Å². The van der Waals surface area contributed by atoms with E-state index in [-0.39, 0.29) is 23.1 Å². The molecule has 1 amide bonds. The summed E-state index contributed by atoms with van der Waals surface area (Å²) in [5, 5.41) is 5.38. The first-order chi connectivity index (χ1) is 16.5. The van der Waals surface area contributed by atoms with Gasteiger partial charge in [0.25, 0.3) is 8.32 Å². The molecule has 2 aromatic rings. The monoisotopic (exact) mass is 495 g/mol. The molecule has 190 valence electrons. The summed E-state index contributed by atoms with van der Waals surface area (Å²) in [4.78, 5) is 24.1. The van der Waals surface area contributed by atoms with E-state index in [1.807, 2.05) is 32.9 Å². The number of nitrogens with one attached hydrogen (secondary N) is 1. The molecule has 3 rings (SSSR count). The van der Waals surface area contributed by atoms with Crippen molar-refractivity contribution in [2.24, 2.45) is 5.92 Å². The maximum absolute atomic E-state index is 12.8. The molecule has 0 heterocycles. The van der Waals surface area contributed by atoms with Gasteiger partial charge in [0, 0.05) is 6.42 Å². The van der Waals surface area contributed by atoms with Gasteiger partial charge in [-0.2, -0.15) is 0 Å². The van der Waals surface area contributed by atoms with Gasteiger partial charge in [0.2, 0.25) is 0 Å². The number of rotatable bonds is 7. The molecule has 0 radical (unpaired) electrons. The molecule has 0 bridgehead atoms. The Morgan fingerprint density at radius 3 is 1.94 bits per heavy atom. The minimum absolute atomic E-state index is 0.161. The third-order valence-corrected chi connectivity index (χ3v) is 11.8. The van der Waals surface area contributed by atoms with Crippen LogP contribution in [0.5, 0.6) is 0 Å². The Bertz CT molecular complexity index is 926. The van der Waals surface area contributed by atoms with Crippen molar-refractivity contribution in [1.82, 2.24) is 5.32 Å². The van der Waals surface area contributed by atoms with Crippen LogP contribution >= 0.6 is 0 Å². The number of hydrogen-bond donors (Lipinski definition) is 1. The van der Waals surface area contributed by atoms with Crippen LogP contribution < -0.4 is 15.7 Å². The van der Waals surface area contributed by atoms with E-state index in [0.29, 0.717) is 12.8 Å². The van der Waals surface area contributed by atoms with Gasteiger partial charge in [0.1, 0.15) is 11.9 Å². The summed E-state index contributed by atoms with van der Waals surface area (Å²) >= 11 is 0. The number of hydrogen-bond acceptors (Lipinski definition) is 4. The van der Waals surface area contributed by atoms with E-state index in [9.17, 15) is 9.59 Å². The molecule has 1 saturated carbocycles. The van der Waals surface area contributed by atoms with E-state index < -0.39 is 20.0 Å². The SMILES string of the molecule is CC(C)(C)OC(=O)N[C@@H]1C[C@@H](CC=O)CC[C@H]1O[Si](c1ccccc1)(c1ccccc1)C(C)(C)C. The summed E-state index contributed by atoms with van der Waals surface area (Å²) in [6, 6.07) is 20.9. The first kappa shape index (κ1) is 27.1. The Morgan fingerprint density at radius 2 is 1.49 bits per heavy atom. The number of ether oxygens (including phenoxy) is 1. The number of carbonyl (C=O) groups is 2. The molecule has 2 aromatic carbocycles. The van der Waals surface area contributed by atoms with Gasteiger partial charge in [-0.15, -0.1) is 0 Å². The van der Waals surface area contributed by atoms with Gasteiger partial charge >= 0.3 is 6.09 Å². The fourth-order valence-corrected chi connectivity index (χ4v) is 10.0. The van der Waals surface area contributed by atoms with E-state index in [1.165, 1.54) is 10.4 Å². The molecule has 5 nitrogen and oxygen atoms in total. The molecule has 6 heteroatoms. The fourth-order valence-electron chi connectivity index (χ4n) is 5.25. The minimum atomic E-state index is -2.78. The maximum Gasteiger partial charge on any atom is 0.407 e. The van der Waals surface area contributed by atoms with Gasteiger partial charge in [-0.1, -0.05) is 81.4 Å². The Kier molecular flexibility index (Phi) is 8.60. The predicted molar refractivity (Wildman–Crippen MR) is 144 cm³/mol. The van der Waals surface area contributed by atoms with Crippen LogP contribution in [0.25, 0.3) is 0 Å². The van der Waals surface area contributed by atoms with Crippen LogP contribution in [0, 0.1) is 5.92 Å². The summed E-state index contributed by atoms with van der Waals surface area (Å²) < 4.78 is 13.0. The summed E-state index contributed by atoms with van der Waals surface area (Å²) in [7, 11) is -2.78. The highest BCUT2D eigenvalue weighted by molar-refractivity contribution is 6.99. The Balaban J connectivity index is 2.03. The molecule has 35 heavy (non-hydrogen) atoms. The van der Waals surface area contributed by atoms with Crippen molar-refractivity contribution in [2.45, 2.75) is 90.0 Å². The lowest BCUT2D eigenvalue weighted by molar-refractivity contribution is -0.109. The highest BCUT2D eigenvalue weighted by Crippen LogP contribution is 2.40. The summed E-state index contributed by atoms with van der Waals surface area (Å²) in [5.74, 6) is 0.228. The van der Waals surface area contributed by atoms with Crippen molar-refractivity contribution in [3.8, 4) is 0 Å². The van der Waals surface area contributed by atoms with Crippen LogP contribution in [-0.4, -0.2) is 38.4 Å². The fraction of sp³-hybridized carbons (Fsp3) is 0.517. The van der Waals surface area contributed by atoms with Crippen LogP contribution in [0.4, 0.5) is 4.79 Å². The molecular weight excluding hydrogens is 454 g/mol. The lowest BCUT2D eigenvalue weighted by Gasteiger charge is -2.48. The standard InChI is InChI=1S/C29H41NO4Si/c1-28(2,3)33-27(32)30-25-21-22(19-20-31)17-18-26(25)34-35(29(4,5)6,23-13-9-7-10-14-23)24-15-11-8-12-16-24/h7-16,20,22,25-26H,17-19,21H2,1-6H3,(H,30,32)/t22-,25-,26-/m1/s1. The molecule has 1 N–H and O–H groups in total. The zero-order valence-electron chi connectivity index (χ0n) is 22.0. The number of carbonyl (C=O) groups excluding carboxylic acids is 2. The van der Waals surface area contributed by atoms with Crippen molar-refractivity contribution in [3.05, 3.63) is 60.7 Å². The zero-order chi connectivity index (χ0) is 25.7. The van der Waals surface area contributed by atoms with E-state index >= 15 is 0 Å². The first-order valence-corrected chi connectivity index (χ1v) is 14.6. The normalized spacial score (nSPS) is 21.3. The molecule has 0 spiro atoms. The summed E-state index contributed by atoms with van der Waals surface area (Å²) in [6.45, 7) is 12.4. The Labute approximate surface area is 211 Å². The summed E-state index contributed by atoms with van der Waals surface area (Å²) in [6.07, 6.45) is 3.23. The molecule has 1 fully saturated rings. The quantitative estimate of drug-likeness (QED) is 0.423. The van der Waals surface area contributed by atoms with Gasteiger partial charge in [0.15, 0.2) is 0 Å². The second kappa shape index (κ2) is 11.1. The molecule has 0 aliphatic heterocycles. The van der Waals surface area contributed by atoms with Crippen molar-refractivity contribution in [1.29, 1.82) is 0 Å². The molecule has 0 unspecified atom stereocenters.